The number of carbonyl (C=O) groups excluding carboxylic acids is 3. The zero-order chi connectivity index (χ0) is 17.1. The van der Waals surface area contributed by atoms with Crippen LogP contribution in [0.15, 0.2) is 30.3 Å². The number of amides is 3. The van der Waals surface area contributed by atoms with Gasteiger partial charge in [0.05, 0.1) is 0 Å². The Balaban J connectivity index is 2.20. The highest BCUT2D eigenvalue weighted by atomic mass is 32.1. The molecule has 7 nitrogen and oxygen atoms in total. The Morgan fingerprint density at radius 3 is 2.22 bits per heavy atom. The summed E-state index contributed by atoms with van der Waals surface area (Å²) in [6.07, 6.45) is 1.10. The second kappa shape index (κ2) is 10.3. The fourth-order valence-corrected chi connectivity index (χ4v) is 1.77. The highest BCUT2D eigenvalue weighted by molar-refractivity contribution is 7.80. The van der Waals surface area contributed by atoms with Crippen LogP contribution in [0.5, 0.6) is 0 Å². The smallest absolute Gasteiger partial charge is 0.238 e. The molecule has 1 aromatic carbocycles. The van der Waals surface area contributed by atoms with Crippen LogP contribution in [0.25, 0.3) is 0 Å². The van der Waals surface area contributed by atoms with Crippen LogP contribution in [-0.2, 0) is 14.4 Å². The van der Waals surface area contributed by atoms with E-state index in [1.54, 1.807) is 24.3 Å². The Hall–Kier alpha value is -2.48. The molecule has 0 saturated heterocycles. The van der Waals surface area contributed by atoms with Crippen molar-refractivity contribution < 1.29 is 14.4 Å². The normalized spacial score (nSPS) is 9.61. The van der Waals surface area contributed by atoms with E-state index in [9.17, 15) is 14.4 Å². The van der Waals surface area contributed by atoms with E-state index in [0.29, 0.717) is 18.5 Å². The molecule has 0 saturated carbocycles. The number of hydrazine groups is 1. The van der Waals surface area contributed by atoms with Gasteiger partial charge in [-0.25, -0.2) is 0 Å². The van der Waals surface area contributed by atoms with Crippen LogP contribution in [0, 0.1) is 0 Å². The monoisotopic (exact) mass is 336 g/mol. The molecule has 3 amide bonds. The molecule has 0 fully saturated rings. The lowest BCUT2D eigenvalue weighted by molar-refractivity contribution is -0.124. The van der Waals surface area contributed by atoms with Crippen molar-refractivity contribution in [3.05, 3.63) is 30.3 Å². The second-order valence-corrected chi connectivity index (χ2v) is 5.12. The Morgan fingerprint density at radius 1 is 0.913 bits per heavy atom. The highest BCUT2D eigenvalue weighted by Gasteiger charge is 2.08. The molecule has 0 unspecified atom stereocenters. The predicted molar refractivity (Wildman–Crippen MR) is 91.2 cm³/mol. The topological polar surface area (TPSA) is 99.3 Å². The van der Waals surface area contributed by atoms with Gasteiger partial charge in [-0.3, -0.25) is 25.2 Å². The number of hydrogen-bond acceptors (Lipinski definition) is 4. The molecule has 8 heteroatoms. The number of hydrogen-bond donors (Lipinski definition) is 4. The maximum Gasteiger partial charge on any atom is 0.238 e. The molecule has 0 aliphatic rings. The van der Waals surface area contributed by atoms with Gasteiger partial charge < -0.3 is 10.6 Å². The molecule has 0 heterocycles. The van der Waals surface area contributed by atoms with Crippen molar-refractivity contribution in [1.29, 1.82) is 0 Å². The van der Waals surface area contributed by atoms with E-state index in [1.807, 2.05) is 13.0 Å². The van der Waals surface area contributed by atoms with E-state index in [1.165, 1.54) is 0 Å². The minimum absolute atomic E-state index is 0.00279. The molecule has 1 aromatic rings. The van der Waals surface area contributed by atoms with E-state index in [0.717, 1.165) is 0 Å². The summed E-state index contributed by atoms with van der Waals surface area (Å²) >= 11 is 4.85. The van der Waals surface area contributed by atoms with Gasteiger partial charge in [-0.15, -0.1) is 0 Å². The number of rotatable bonds is 6. The van der Waals surface area contributed by atoms with Gasteiger partial charge in [-0.05, 0) is 30.8 Å². The first-order valence-electron chi connectivity index (χ1n) is 7.24. The molecular weight excluding hydrogens is 316 g/mol. The van der Waals surface area contributed by atoms with Crippen molar-refractivity contribution >= 4 is 40.7 Å². The minimum Gasteiger partial charge on any atom is -0.326 e. The Bertz CT molecular complexity index is 563. The average Bonchev–Trinajstić information content (AvgIpc) is 2.52. The number of nitrogens with one attached hydrogen (secondary N) is 4. The summed E-state index contributed by atoms with van der Waals surface area (Å²) in [6.45, 7) is 1.87. The molecule has 23 heavy (non-hydrogen) atoms. The van der Waals surface area contributed by atoms with E-state index < -0.39 is 5.91 Å². The number of anilines is 1. The van der Waals surface area contributed by atoms with Crippen LogP contribution in [0.3, 0.4) is 0 Å². The lowest BCUT2D eigenvalue weighted by Crippen LogP contribution is -2.48. The lowest BCUT2D eigenvalue weighted by Gasteiger charge is -2.10. The summed E-state index contributed by atoms with van der Waals surface area (Å²) in [5.74, 6) is -0.882. The molecule has 124 valence electrons. The molecule has 0 aliphatic carbocycles. The Kier molecular flexibility index (Phi) is 8.30. The zero-order valence-electron chi connectivity index (χ0n) is 12.8. The molecule has 0 bridgehead atoms. The van der Waals surface area contributed by atoms with Gasteiger partial charge in [-0.1, -0.05) is 25.1 Å². The third-order valence-corrected chi connectivity index (χ3v) is 2.89. The van der Waals surface area contributed by atoms with Gasteiger partial charge in [0, 0.05) is 24.9 Å². The summed E-state index contributed by atoms with van der Waals surface area (Å²) in [5.41, 5.74) is 5.41. The first-order valence-corrected chi connectivity index (χ1v) is 7.65. The highest BCUT2D eigenvalue weighted by Crippen LogP contribution is 2.05. The van der Waals surface area contributed by atoms with Gasteiger partial charge in [0.25, 0.3) is 0 Å². The van der Waals surface area contributed by atoms with Gasteiger partial charge in [0.15, 0.2) is 5.11 Å². The van der Waals surface area contributed by atoms with Crippen molar-refractivity contribution in [3.8, 4) is 0 Å². The van der Waals surface area contributed by atoms with Crippen molar-refractivity contribution in [2.45, 2.75) is 32.6 Å². The number of carbonyl (C=O) groups is 3. The average molecular weight is 336 g/mol. The molecule has 0 atom stereocenters. The fourth-order valence-electron chi connectivity index (χ4n) is 1.61. The lowest BCUT2D eigenvalue weighted by atomic mass is 10.2. The Morgan fingerprint density at radius 2 is 1.57 bits per heavy atom. The first kappa shape index (κ1) is 18.6. The van der Waals surface area contributed by atoms with Gasteiger partial charge >= 0.3 is 0 Å². The number of thiocarbonyl (C=S) groups is 1. The SMILES string of the molecule is CCCC(=O)NC(=S)NNC(=O)CCC(=O)Nc1ccccc1. The van der Waals surface area contributed by atoms with Crippen molar-refractivity contribution in [3.63, 3.8) is 0 Å². The minimum atomic E-state index is -0.402. The van der Waals surface area contributed by atoms with Crippen LogP contribution in [0.1, 0.15) is 32.6 Å². The molecule has 1 rings (SSSR count). The molecular formula is C15H20N4O3S. The van der Waals surface area contributed by atoms with E-state index in [4.69, 9.17) is 12.2 Å². The molecule has 4 N–H and O–H groups in total. The van der Waals surface area contributed by atoms with Crippen molar-refractivity contribution in [1.82, 2.24) is 16.2 Å². The summed E-state index contributed by atoms with van der Waals surface area (Å²) in [6, 6.07) is 8.98. The van der Waals surface area contributed by atoms with E-state index in [-0.39, 0.29) is 29.8 Å². The van der Waals surface area contributed by atoms with Gasteiger partial charge in [0.2, 0.25) is 17.7 Å². The van der Waals surface area contributed by atoms with Crippen LogP contribution in [0.2, 0.25) is 0 Å². The second-order valence-electron chi connectivity index (χ2n) is 4.71. The molecule has 0 aromatic heterocycles. The van der Waals surface area contributed by atoms with Gasteiger partial charge in [-0.2, -0.15) is 0 Å². The Labute approximate surface area is 140 Å². The summed E-state index contributed by atoms with van der Waals surface area (Å²) in [7, 11) is 0. The van der Waals surface area contributed by atoms with Crippen molar-refractivity contribution in [2.24, 2.45) is 0 Å². The number of benzene rings is 1. The summed E-state index contributed by atoms with van der Waals surface area (Å²) < 4.78 is 0. The first-order chi connectivity index (χ1) is 11.0. The number of para-hydroxylation sites is 1. The summed E-state index contributed by atoms with van der Waals surface area (Å²) in [5, 5.41) is 5.12. The van der Waals surface area contributed by atoms with Gasteiger partial charge in [0.1, 0.15) is 0 Å². The van der Waals surface area contributed by atoms with Crippen molar-refractivity contribution in [2.75, 3.05) is 5.32 Å². The summed E-state index contributed by atoms with van der Waals surface area (Å²) in [4.78, 5) is 34.6. The fraction of sp³-hybridized carbons (Fsp3) is 0.333. The van der Waals surface area contributed by atoms with Crippen LogP contribution >= 0.6 is 12.2 Å². The molecule has 0 radical (unpaired) electrons. The van der Waals surface area contributed by atoms with Crippen LogP contribution in [0.4, 0.5) is 5.69 Å². The van der Waals surface area contributed by atoms with Crippen LogP contribution in [-0.4, -0.2) is 22.8 Å². The van der Waals surface area contributed by atoms with E-state index >= 15 is 0 Å². The standard InChI is InChI=1S/C15H20N4O3S/c1-2-6-12(20)17-15(23)19-18-14(22)10-9-13(21)16-11-7-4-3-5-8-11/h3-5,7-8H,2,6,9-10H2,1H3,(H,16,21)(H,18,22)(H2,17,19,20,23). The van der Waals surface area contributed by atoms with E-state index in [2.05, 4.69) is 21.5 Å². The van der Waals surface area contributed by atoms with Crippen LogP contribution < -0.4 is 21.5 Å². The largest absolute Gasteiger partial charge is 0.326 e. The zero-order valence-corrected chi connectivity index (χ0v) is 13.7. The molecule has 0 spiro atoms. The maximum atomic E-state index is 11.7. The molecule has 0 aliphatic heterocycles. The quantitative estimate of drug-likeness (QED) is 0.462. The maximum absolute atomic E-state index is 11.7. The third kappa shape index (κ3) is 8.52. The predicted octanol–water partition coefficient (Wildman–Crippen LogP) is 1.23. The third-order valence-electron chi connectivity index (χ3n) is 2.68.